The van der Waals surface area contributed by atoms with Crippen molar-refractivity contribution < 1.29 is 9.53 Å². The van der Waals surface area contributed by atoms with Gasteiger partial charge in [0.1, 0.15) is 11.4 Å². The summed E-state index contributed by atoms with van der Waals surface area (Å²) in [6.07, 6.45) is 4.17. The molecule has 112 valence electrons. The SMILES string of the molecule is CCc1nc2ncccn2c1C(=O)c1ccc(OC)c(I)c1. The minimum absolute atomic E-state index is 0.0575. The highest BCUT2D eigenvalue weighted by Crippen LogP contribution is 2.24. The van der Waals surface area contributed by atoms with E-state index in [1.165, 1.54) is 0 Å². The second-order valence-electron chi connectivity index (χ2n) is 4.73. The number of halogens is 1. The molecule has 0 radical (unpaired) electrons. The van der Waals surface area contributed by atoms with Gasteiger partial charge in [0, 0.05) is 18.0 Å². The fourth-order valence-electron chi connectivity index (χ4n) is 2.36. The molecule has 0 atom stereocenters. The molecule has 6 heteroatoms. The Kier molecular flexibility index (Phi) is 4.10. The van der Waals surface area contributed by atoms with Crippen molar-refractivity contribution in [2.45, 2.75) is 13.3 Å². The summed E-state index contributed by atoms with van der Waals surface area (Å²) in [5.74, 6) is 1.25. The van der Waals surface area contributed by atoms with Crippen LogP contribution >= 0.6 is 22.6 Å². The lowest BCUT2D eigenvalue weighted by atomic mass is 10.1. The molecule has 5 nitrogen and oxygen atoms in total. The maximum Gasteiger partial charge on any atom is 0.234 e. The van der Waals surface area contributed by atoms with Crippen LogP contribution in [-0.2, 0) is 6.42 Å². The lowest BCUT2D eigenvalue weighted by molar-refractivity contribution is 0.103. The van der Waals surface area contributed by atoms with Gasteiger partial charge in [0.05, 0.1) is 16.4 Å². The van der Waals surface area contributed by atoms with Gasteiger partial charge in [0.2, 0.25) is 11.6 Å². The summed E-state index contributed by atoms with van der Waals surface area (Å²) in [6, 6.07) is 7.21. The van der Waals surface area contributed by atoms with Crippen LogP contribution in [0.25, 0.3) is 5.78 Å². The minimum Gasteiger partial charge on any atom is -0.496 e. The first-order valence-corrected chi connectivity index (χ1v) is 7.93. The topological polar surface area (TPSA) is 56.5 Å². The summed E-state index contributed by atoms with van der Waals surface area (Å²) in [6.45, 7) is 1.98. The summed E-state index contributed by atoms with van der Waals surface area (Å²) in [4.78, 5) is 21.6. The Hall–Kier alpha value is -1.96. The van der Waals surface area contributed by atoms with Crippen LogP contribution in [0.15, 0.2) is 36.7 Å². The number of ether oxygens (including phenoxy) is 1. The fraction of sp³-hybridized carbons (Fsp3) is 0.188. The Bertz CT molecular complexity index is 858. The highest BCUT2D eigenvalue weighted by Gasteiger charge is 2.20. The average molecular weight is 407 g/mol. The molecule has 0 unspecified atom stereocenters. The summed E-state index contributed by atoms with van der Waals surface area (Å²) in [5.41, 5.74) is 1.95. The highest BCUT2D eigenvalue weighted by molar-refractivity contribution is 14.1. The van der Waals surface area contributed by atoms with E-state index in [0.29, 0.717) is 23.5 Å². The van der Waals surface area contributed by atoms with Crippen molar-refractivity contribution in [3.05, 3.63) is 57.2 Å². The molecule has 0 spiro atoms. The van der Waals surface area contributed by atoms with Crippen molar-refractivity contribution in [1.82, 2.24) is 14.4 Å². The first-order chi connectivity index (χ1) is 10.7. The van der Waals surface area contributed by atoms with Crippen molar-refractivity contribution in [2.75, 3.05) is 7.11 Å². The molecule has 0 fully saturated rings. The van der Waals surface area contributed by atoms with E-state index >= 15 is 0 Å². The van der Waals surface area contributed by atoms with Crippen LogP contribution in [0.2, 0.25) is 0 Å². The van der Waals surface area contributed by atoms with E-state index in [1.54, 1.807) is 29.8 Å². The molecule has 22 heavy (non-hydrogen) atoms. The monoisotopic (exact) mass is 407 g/mol. The van der Waals surface area contributed by atoms with E-state index < -0.39 is 0 Å². The molecule has 0 aliphatic rings. The molecule has 0 saturated heterocycles. The number of aromatic nitrogens is 3. The van der Waals surface area contributed by atoms with Gasteiger partial charge in [-0.2, -0.15) is 0 Å². The van der Waals surface area contributed by atoms with Gasteiger partial charge in [-0.1, -0.05) is 6.92 Å². The second kappa shape index (κ2) is 6.04. The second-order valence-corrected chi connectivity index (χ2v) is 5.89. The molecule has 2 aromatic heterocycles. The lowest BCUT2D eigenvalue weighted by Crippen LogP contribution is -2.08. The number of rotatable bonds is 4. The Labute approximate surface area is 141 Å². The molecular weight excluding hydrogens is 393 g/mol. The Balaban J connectivity index is 2.14. The first kappa shape index (κ1) is 15.0. The van der Waals surface area contributed by atoms with Crippen molar-refractivity contribution >= 4 is 34.2 Å². The zero-order chi connectivity index (χ0) is 15.7. The number of methoxy groups -OCH3 is 1. The van der Waals surface area contributed by atoms with E-state index in [0.717, 1.165) is 15.0 Å². The Morgan fingerprint density at radius 3 is 2.91 bits per heavy atom. The van der Waals surface area contributed by atoms with Crippen LogP contribution in [0.4, 0.5) is 0 Å². The first-order valence-electron chi connectivity index (χ1n) is 6.86. The number of hydrogen-bond donors (Lipinski definition) is 0. The maximum absolute atomic E-state index is 12.9. The third-order valence-electron chi connectivity index (χ3n) is 3.44. The van der Waals surface area contributed by atoms with Gasteiger partial charge in [-0.05, 0) is 53.3 Å². The predicted octanol–water partition coefficient (Wildman–Crippen LogP) is 3.14. The van der Waals surface area contributed by atoms with Crippen LogP contribution in [0, 0.1) is 3.57 Å². The Morgan fingerprint density at radius 2 is 2.23 bits per heavy atom. The minimum atomic E-state index is -0.0575. The standard InChI is InChI=1S/C16H14IN3O2/c1-3-12-14(20-8-4-7-18-16(20)19-12)15(21)10-5-6-13(22-2)11(17)9-10/h4-9H,3H2,1-2H3. The molecule has 0 aliphatic heterocycles. The number of ketones is 1. The number of imidazole rings is 1. The molecule has 1 aromatic carbocycles. The average Bonchev–Trinajstić information content (AvgIpc) is 2.92. The van der Waals surface area contributed by atoms with Crippen LogP contribution in [-0.4, -0.2) is 27.3 Å². The predicted molar refractivity (Wildman–Crippen MR) is 91.5 cm³/mol. The van der Waals surface area contributed by atoms with Crippen molar-refractivity contribution in [1.29, 1.82) is 0 Å². The quantitative estimate of drug-likeness (QED) is 0.493. The summed E-state index contributed by atoms with van der Waals surface area (Å²) in [7, 11) is 1.62. The van der Waals surface area contributed by atoms with Crippen LogP contribution in [0.3, 0.4) is 0 Å². The number of carbonyl (C=O) groups is 1. The van der Waals surface area contributed by atoms with Gasteiger partial charge in [-0.3, -0.25) is 9.20 Å². The number of carbonyl (C=O) groups excluding carboxylic acids is 1. The molecular formula is C16H14IN3O2. The van der Waals surface area contributed by atoms with E-state index in [1.807, 2.05) is 25.3 Å². The largest absolute Gasteiger partial charge is 0.496 e. The maximum atomic E-state index is 12.9. The van der Waals surface area contributed by atoms with Gasteiger partial charge in [0.25, 0.3) is 0 Å². The van der Waals surface area contributed by atoms with Gasteiger partial charge < -0.3 is 4.74 Å². The summed E-state index contributed by atoms with van der Waals surface area (Å²) < 4.78 is 7.89. The normalized spacial score (nSPS) is 10.9. The summed E-state index contributed by atoms with van der Waals surface area (Å²) in [5, 5.41) is 0. The third kappa shape index (κ3) is 2.47. The third-order valence-corrected chi connectivity index (χ3v) is 4.28. The molecule has 3 rings (SSSR count). The zero-order valence-corrected chi connectivity index (χ0v) is 14.4. The number of aryl methyl sites for hydroxylation is 1. The molecule has 0 saturated carbocycles. The van der Waals surface area contributed by atoms with Gasteiger partial charge >= 0.3 is 0 Å². The highest BCUT2D eigenvalue weighted by atomic mass is 127. The number of fused-ring (bicyclic) bond motifs is 1. The van der Waals surface area contributed by atoms with Gasteiger partial charge in [0.15, 0.2) is 0 Å². The molecule has 0 bridgehead atoms. The summed E-state index contributed by atoms with van der Waals surface area (Å²) >= 11 is 2.16. The molecule has 0 aliphatic carbocycles. The van der Waals surface area contributed by atoms with Crippen LogP contribution < -0.4 is 4.74 Å². The van der Waals surface area contributed by atoms with E-state index in [4.69, 9.17) is 4.74 Å². The van der Waals surface area contributed by atoms with Gasteiger partial charge in [-0.25, -0.2) is 9.97 Å². The van der Waals surface area contributed by atoms with Crippen molar-refractivity contribution in [3.8, 4) is 5.75 Å². The number of hydrogen-bond acceptors (Lipinski definition) is 4. The molecule has 0 N–H and O–H groups in total. The number of nitrogens with zero attached hydrogens (tertiary/aromatic N) is 3. The number of benzene rings is 1. The molecule has 3 aromatic rings. The Morgan fingerprint density at radius 1 is 1.41 bits per heavy atom. The van der Waals surface area contributed by atoms with E-state index in [2.05, 4.69) is 32.6 Å². The van der Waals surface area contributed by atoms with Crippen molar-refractivity contribution in [3.63, 3.8) is 0 Å². The van der Waals surface area contributed by atoms with E-state index in [9.17, 15) is 4.79 Å². The van der Waals surface area contributed by atoms with Crippen LogP contribution in [0.5, 0.6) is 5.75 Å². The van der Waals surface area contributed by atoms with Crippen molar-refractivity contribution in [2.24, 2.45) is 0 Å². The zero-order valence-electron chi connectivity index (χ0n) is 12.2. The smallest absolute Gasteiger partial charge is 0.234 e. The molecule has 0 amide bonds. The van der Waals surface area contributed by atoms with Gasteiger partial charge in [-0.15, -0.1) is 0 Å². The fourth-order valence-corrected chi connectivity index (χ4v) is 3.10. The van der Waals surface area contributed by atoms with E-state index in [-0.39, 0.29) is 5.78 Å². The lowest BCUT2D eigenvalue weighted by Gasteiger charge is -2.07. The molecule has 2 heterocycles. The van der Waals surface area contributed by atoms with Crippen LogP contribution in [0.1, 0.15) is 28.7 Å².